The van der Waals surface area contributed by atoms with Crippen LogP contribution in [0.3, 0.4) is 0 Å². The van der Waals surface area contributed by atoms with Gasteiger partial charge in [-0.25, -0.2) is 4.68 Å². The molecule has 0 saturated carbocycles. The van der Waals surface area contributed by atoms with Gasteiger partial charge in [0.2, 0.25) is 0 Å². The van der Waals surface area contributed by atoms with Crippen molar-refractivity contribution in [2.24, 2.45) is 5.92 Å². The van der Waals surface area contributed by atoms with Gasteiger partial charge in [-0.3, -0.25) is 4.79 Å². The maximum Gasteiger partial charge on any atom is 0.308 e. The van der Waals surface area contributed by atoms with Crippen molar-refractivity contribution >= 4 is 17.6 Å². The highest BCUT2D eigenvalue weighted by molar-refractivity contribution is 6.30. The lowest BCUT2D eigenvalue weighted by atomic mass is 10.0. The van der Waals surface area contributed by atoms with E-state index in [0.29, 0.717) is 10.8 Å². The lowest BCUT2D eigenvalue weighted by Crippen LogP contribution is -2.23. The molecule has 0 spiro atoms. The maximum absolute atomic E-state index is 11.1. The number of carbonyl (C=O) groups is 1. The van der Waals surface area contributed by atoms with Crippen LogP contribution < -0.4 is 0 Å². The van der Waals surface area contributed by atoms with E-state index in [9.17, 15) is 4.79 Å². The quantitative estimate of drug-likeness (QED) is 0.937. The molecule has 0 aliphatic rings. The van der Waals surface area contributed by atoms with Crippen LogP contribution in [0.4, 0.5) is 0 Å². The summed E-state index contributed by atoms with van der Waals surface area (Å²) in [6.07, 6.45) is 0. The fraction of sp³-hybridized carbons (Fsp3) is 0.385. The van der Waals surface area contributed by atoms with Crippen LogP contribution in [-0.2, 0) is 4.79 Å². The van der Waals surface area contributed by atoms with Gasteiger partial charge >= 0.3 is 5.97 Å². The Morgan fingerprint density at radius 3 is 2.65 bits per heavy atom. The topological polar surface area (TPSA) is 80.9 Å². The predicted molar refractivity (Wildman–Crippen MR) is 74.5 cm³/mol. The molecule has 0 radical (unpaired) electrons. The summed E-state index contributed by atoms with van der Waals surface area (Å²) in [4.78, 5) is 11.1. The predicted octanol–water partition coefficient (Wildman–Crippen LogP) is 2.58. The van der Waals surface area contributed by atoms with Crippen LogP contribution in [0.5, 0.6) is 0 Å². The normalized spacial score (nSPS) is 14.0. The Labute approximate surface area is 121 Å². The molecule has 0 amide bonds. The van der Waals surface area contributed by atoms with E-state index < -0.39 is 11.9 Å². The third kappa shape index (κ3) is 2.80. The van der Waals surface area contributed by atoms with E-state index in [-0.39, 0.29) is 6.04 Å². The molecule has 0 saturated heterocycles. The van der Waals surface area contributed by atoms with E-state index in [1.165, 1.54) is 4.68 Å². The molecular formula is C13H15ClN4O2. The van der Waals surface area contributed by atoms with Gasteiger partial charge in [0.25, 0.3) is 0 Å². The minimum Gasteiger partial charge on any atom is -0.481 e. The molecule has 106 valence electrons. The molecule has 1 N–H and O–H groups in total. The average Bonchev–Trinajstić information content (AvgIpc) is 2.84. The molecule has 7 heteroatoms. The van der Waals surface area contributed by atoms with Crippen LogP contribution in [0, 0.1) is 12.8 Å². The van der Waals surface area contributed by atoms with Crippen molar-refractivity contribution in [2.45, 2.75) is 26.8 Å². The third-order valence-corrected chi connectivity index (χ3v) is 3.51. The second kappa shape index (κ2) is 5.58. The van der Waals surface area contributed by atoms with Gasteiger partial charge in [0.05, 0.1) is 12.0 Å². The van der Waals surface area contributed by atoms with E-state index in [2.05, 4.69) is 15.5 Å². The van der Waals surface area contributed by atoms with Crippen LogP contribution in [0.25, 0.3) is 11.4 Å². The van der Waals surface area contributed by atoms with Crippen molar-refractivity contribution in [3.05, 3.63) is 28.8 Å². The molecule has 1 aromatic carbocycles. The maximum atomic E-state index is 11.1. The van der Waals surface area contributed by atoms with Gasteiger partial charge in [-0.1, -0.05) is 11.6 Å². The minimum absolute atomic E-state index is 0.364. The van der Waals surface area contributed by atoms with Gasteiger partial charge < -0.3 is 5.11 Å². The third-order valence-electron chi connectivity index (χ3n) is 3.29. The van der Waals surface area contributed by atoms with Crippen LogP contribution in [0.1, 0.15) is 25.5 Å². The molecule has 6 nitrogen and oxygen atoms in total. The number of benzene rings is 1. The second-order valence-corrected chi connectivity index (χ2v) is 5.27. The van der Waals surface area contributed by atoms with Gasteiger partial charge in [-0.2, -0.15) is 0 Å². The summed E-state index contributed by atoms with van der Waals surface area (Å²) in [6.45, 7) is 5.32. The first kappa shape index (κ1) is 14.5. The fourth-order valence-corrected chi connectivity index (χ4v) is 2.23. The van der Waals surface area contributed by atoms with Crippen LogP contribution in [0.15, 0.2) is 18.2 Å². The summed E-state index contributed by atoms with van der Waals surface area (Å²) >= 11 is 6.04. The van der Waals surface area contributed by atoms with Crippen molar-refractivity contribution in [1.29, 1.82) is 0 Å². The molecule has 0 bridgehead atoms. The standard InChI is InChI=1S/C13H15ClN4O2/c1-7-4-10(6-11(14)5-7)12-15-16-17-18(12)9(3)8(2)13(19)20/h4-6,8-9H,1-3H3,(H,19,20). The lowest BCUT2D eigenvalue weighted by Gasteiger charge is -2.17. The van der Waals surface area contributed by atoms with E-state index >= 15 is 0 Å². The van der Waals surface area contributed by atoms with Crippen molar-refractivity contribution < 1.29 is 9.90 Å². The van der Waals surface area contributed by atoms with Gasteiger partial charge in [0, 0.05) is 10.6 Å². The Hall–Kier alpha value is -1.95. The molecule has 0 fully saturated rings. The highest BCUT2D eigenvalue weighted by Gasteiger charge is 2.25. The van der Waals surface area contributed by atoms with E-state index in [4.69, 9.17) is 16.7 Å². The summed E-state index contributed by atoms with van der Waals surface area (Å²) in [7, 11) is 0. The zero-order valence-electron chi connectivity index (χ0n) is 11.4. The van der Waals surface area contributed by atoms with Gasteiger partial charge in [0.15, 0.2) is 5.82 Å². The number of aliphatic carboxylic acids is 1. The molecule has 2 aromatic rings. The lowest BCUT2D eigenvalue weighted by molar-refractivity contribution is -0.142. The Balaban J connectivity index is 2.45. The summed E-state index contributed by atoms with van der Waals surface area (Å²) in [5.41, 5.74) is 1.76. The number of tetrazole rings is 1. The number of hydrogen-bond donors (Lipinski definition) is 1. The summed E-state index contributed by atoms with van der Waals surface area (Å²) in [5, 5.41) is 21.2. The van der Waals surface area contributed by atoms with E-state index in [1.807, 2.05) is 19.1 Å². The number of aryl methyl sites for hydroxylation is 1. The SMILES string of the molecule is Cc1cc(Cl)cc(-c2nnnn2C(C)C(C)C(=O)O)c1. The number of hydrogen-bond acceptors (Lipinski definition) is 4. The monoisotopic (exact) mass is 294 g/mol. The first-order chi connectivity index (χ1) is 9.40. The average molecular weight is 295 g/mol. The van der Waals surface area contributed by atoms with Gasteiger partial charge in [0.1, 0.15) is 0 Å². The largest absolute Gasteiger partial charge is 0.481 e. The zero-order valence-corrected chi connectivity index (χ0v) is 12.2. The second-order valence-electron chi connectivity index (χ2n) is 4.83. The highest BCUT2D eigenvalue weighted by Crippen LogP contribution is 2.26. The Morgan fingerprint density at radius 2 is 2.05 bits per heavy atom. The number of carboxylic acids is 1. The number of aromatic nitrogens is 4. The van der Waals surface area contributed by atoms with Crippen LogP contribution >= 0.6 is 11.6 Å². The number of halogens is 1. The number of nitrogens with zero attached hydrogens (tertiary/aromatic N) is 4. The molecule has 0 aliphatic heterocycles. The number of rotatable bonds is 4. The Morgan fingerprint density at radius 1 is 1.35 bits per heavy atom. The summed E-state index contributed by atoms with van der Waals surface area (Å²) < 4.78 is 1.52. The molecule has 0 aliphatic carbocycles. The zero-order chi connectivity index (χ0) is 14.9. The molecule has 2 unspecified atom stereocenters. The molecule has 20 heavy (non-hydrogen) atoms. The number of carboxylic acid groups (broad SMARTS) is 1. The molecule has 1 heterocycles. The summed E-state index contributed by atoms with van der Waals surface area (Å²) in [5.74, 6) is -0.977. The van der Waals surface area contributed by atoms with E-state index in [1.54, 1.807) is 19.9 Å². The summed E-state index contributed by atoms with van der Waals surface area (Å²) in [6, 6.07) is 5.14. The molecular weight excluding hydrogens is 280 g/mol. The minimum atomic E-state index is -0.888. The Kier molecular flexibility index (Phi) is 4.04. The fourth-order valence-electron chi connectivity index (χ4n) is 1.94. The molecule has 2 atom stereocenters. The van der Waals surface area contributed by atoms with Gasteiger partial charge in [-0.05, 0) is 55.0 Å². The van der Waals surface area contributed by atoms with Crippen LogP contribution in [0.2, 0.25) is 5.02 Å². The van der Waals surface area contributed by atoms with Gasteiger partial charge in [-0.15, -0.1) is 5.10 Å². The van der Waals surface area contributed by atoms with Crippen LogP contribution in [-0.4, -0.2) is 31.3 Å². The van der Waals surface area contributed by atoms with Crippen molar-refractivity contribution in [2.75, 3.05) is 0 Å². The van der Waals surface area contributed by atoms with Crippen molar-refractivity contribution in [1.82, 2.24) is 20.2 Å². The first-order valence-electron chi connectivity index (χ1n) is 6.18. The van der Waals surface area contributed by atoms with Crippen molar-refractivity contribution in [3.8, 4) is 11.4 Å². The molecule has 1 aromatic heterocycles. The smallest absolute Gasteiger partial charge is 0.308 e. The first-order valence-corrected chi connectivity index (χ1v) is 6.56. The Bertz CT molecular complexity index is 621. The highest BCUT2D eigenvalue weighted by atomic mass is 35.5. The van der Waals surface area contributed by atoms with E-state index in [0.717, 1.165) is 11.1 Å². The van der Waals surface area contributed by atoms with Crippen molar-refractivity contribution in [3.63, 3.8) is 0 Å². The molecule has 2 rings (SSSR count).